The Morgan fingerprint density at radius 1 is 0.780 bits per heavy atom. The van der Waals surface area contributed by atoms with Gasteiger partial charge in [-0.2, -0.15) is 0 Å². The van der Waals surface area contributed by atoms with Gasteiger partial charge in [0.25, 0.3) is 0 Å². The number of benzene rings is 3. The van der Waals surface area contributed by atoms with Crippen LogP contribution in [0.2, 0.25) is 0 Å². The molecule has 0 spiro atoms. The minimum atomic E-state index is -0.588. The van der Waals surface area contributed by atoms with Crippen molar-refractivity contribution >= 4 is 17.9 Å². The van der Waals surface area contributed by atoms with Crippen molar-refractivity contribution in [2.75, 3.05) is 19.8 Å². The third kappa shape index (κ3) is 7.10. The minimum absolute atomic E-state index is 0.0357. The smallest absolute Gasteiger partial charge is 0.343 e. The van der Waals surface area contributed by atoms with Crippen LogP contribution in [0.4, 0.5) is 0 Å². The molecule has 0 heterocycles. The van der Waals surface area contributed by atoms with E-state index in [-0.39, 0.29) is 23.7 Å². The molecule has 1 aliphatic rings. The van der Waals surface area contributed by atoms with Gasteiger partial charge in [0.2, 0.25) is 0 Å². The molecule has 3 aromatic rings. The maximum atomic E-state index is 12.9. The topological polar surface area (TPSA) is 108 Å². The molecule has 0 aliphatic heterocycles. The van der Waals surface area contributed by atoms with Crippen LogP contribution < -0.4 is 14.2 Å². The quantitative estimate of drug-likeness (QED) is 0.130. The number of fused-ring (bicyclic) bond motifs is 3. The Kier molecular flexibility index (Phi) is 9.37. The summed E-state index contributed by atoms with van der Waals surface area (Å²) in [4.78, 5) is 36.1. The van der Waals surface area contributed by atoms with Crippen LogP contribution in [0.1, 0.15) is 54.1 Å². The molecule has 0 fully saturated rings. The number of hydrogen-bond acceptors (Lipinski definition) is 8. The number of carbonyl (C=O) groups excluding carboxylic acids is 3. The van der Waals surface area contributed by atoms with Crippen LogP contribution in [-0.2, 0) is 14.3 Å². The van der Waals surface area contributed by atoms with Crippen molar-refractivity contribution in [3.05, 3.63) is 102 Å². The molecule has 0 aromatic heterocycles. The van der Waals surface area contributed by atoms with Gasteiger partial charge >= 0.3 is 17.9 Å². The maximum absolute atomic E-state index is 12.9. The summed E-state index contributed by atoms with van der Waals surface area (Å²) in [6, 6.07) is 17.7. The summed E-state index contributed by atoms with van der Waals surface area (Å²) in [7, 11) is 0. The van der Waals surface area contributed by atoms with E-state index in [0.29, 0.717) is 36.5 Å². The largest absolute Gasteiger partial charge is 0.494 e. The lowest BCUT2D eigenvalue weighted by Crippen LogP contribution is -2.11. The van der Waals surface area contributed by atoms with Crippen LogP contribution in [0.25, 0.3) is 11.1 Å². The van der Waals surface area contributed by atoms with Gasteiger partial charge in [-0.1, -0.05) is 32.2 Å². The van der Waals surface area contributed by atoms with Gasteiger partial charge in [0.15, 0.2) is 0 Å². The van der Waals surface area contributed by atoms with E-state index in [4.69, 9.17) is 24.1 Å². The van der Waals surface area contributed by atoms with E-state index in [0.717, 1.165) is 28.0 Å². The fourth-order valence-corrected chi connectivity index (χ4v) is 4.36. The normalized spacial score (nSPS) is 13.0. The molecule has 0 saturated carbocycles. The first-order valence-electron chi connectivity index (χ1n) is 13.2. The Morgan fingerprint density at radius 3 is 2.02 bits per heavy atom. The fraction of sp³-hybridized carbons (Fsp3) is 0.242. The lowest BCUT2D eigenvalue weighted by atomic mass is 9.98. The second-order valence-corrected chi connectivity index (χ2v) is 9.76. The average Bonchev–Trinajstić information content (AvgIpc) is 3.25. The van der Waals surface area contributed by atoms with E-state index in [1.807, 2.05) is 30.3 Å². The first-order chi connectivity index (χ1) is 19.7. The summed E-state index contributed by atoms with van der Waals surface area (Å²) in [5.74, 6) is -0.144. The van der Waals surface area contributed by atoms with Gasteiger partial charge in [-0.15, -0.1) is 0 Å². The molecule has 3 aromatic carbocycles. The Labute approximate surface area is 238 Å². The summed E-state index contributed by atoms with van der Waals surface area (Å²) < 4.78 is 21.7. The predicted molar refractivity (Wildman–Crippen MR) is 153 cm³/mol. The van der Waals surface area contributed by atoms with Crippen molar-refractivity contribution < 1.29 is 38.4 Å². The molecule has 0 radical (unpaired) electrons. The number of ether oxygens (including phenoxy) is 4. The van der Waals surface area contributed by atoms with Crippen molar-refractivity contribution in [1.29, 1.82) is 0 Å². The van der Waals surface area contributed by atoms with E-state index < -0.39 is 24.5 Å². The van der Waals surface area contributed by atoms with Gasteiger partial charge in [0, 0.05) is 11.5 Å². The number of rotatable bonds is 12. The third-order valence-corrected chi connectivity index (χ3v) is 6.65. The van der Waals surface area contributed by atoms with E-state index in [9.17, 15) is 14.4 Å². The van der Waals surface area contributed by atoms with Crippen molar-refractivity contribution in [3.8, 4) is 28.4 Å². The molecule has 1 atom stereocenters. The molecule has 8 heteroatoms. The molecule has 0 saturated heterocycles. The van der Waals surface area contributed by atoms with E-state index >= 15 is 0 Å². The summed E-state index contributed by atoms with van der Waals surface area (Å²) in [5, 5.41) is 8.89. The second-order valence-electron chi connectivity index (χ2n) is 9.76. The highest BCUT2D eigenvalue weighted by atomic mass is 16.5. The maximum Gasteiger partial charge on any atom is 0.343 e. The molecule has 4 rings (SSSR count). The Bertz CT molecular complexity index is 1490. The van der Waals surface area contributed by atoms with Crippen LogP contribution in [0, 0.1) is 0 Å². The Balaban J connectivity index is 1.33. The minimum Gasteiger partial charge on any atom is -0.494 e. The van der Waals surface area contributed by atoms with Crippen LogP contribution in [0.5, 0.6) is 17.2 Å². The summed E-state index contributed by atoms with van der Waals surface area (Å²) in [6.45, 7) is 10.9. The number of hydrogen-bond donors (Lipinski definition) is 1. The number of carbonyl (C=O) groups is 3. The fourth-order valence-electron chi connectivity index (χ4n) is 4.36. The highest BCUT2D eigenvalue weighted by molar-refractivity contribution is 5.93. The first kappa shape index (κ1) is 29.3. The van der Waals surface area contributed by atoms with Crippen molar-refractivity contribution in [2.24, 2.45) is 0 Å². The van der Waals surface area contributed by atoms with E-state index in [2.05, 4.69) is 20.1 Å². The highest BCUT2D eigenvalue weighted by Crippen LogP contribution is 2.46. The van der Waals surface area contributed by atoms with E-state index in [1.165, 1.54) is 0 Å². The number of unbranched alkanes of at least 4 members (excludes halogenated alkanes) is 1. The zero-order valence-electron chi connectivity index (χ0n) is 23.1. The molecular weight excluding hydrogens is 524 g/mol. The SMILES string of the molecule is C=C(C)C(=O)Oc1ccc(OC(=O)c2ccc3c(c2)C(C)c2cc(OCCCCOC(=O)C(=C)CO)ccc2-3)cc1. The van der Waals surface area contributed by atoms with Crippen LogP contribution in [-0.4, -0.2) is 42.8 Å². The molecule has 8 nitrogen and oxygen atoms in total. The molecule has 0 amide bonds. The number of esters is 3. The molecule has 212 valence electrons. The first-order valence-corrected chi connectivity index (χ1v) is 13.2. The van der Waals surface area contributed by atoms with Crippen LogP contribution in [0.15, 0.2) is 85.0 Å². The molecule has 1 unspecified atom stereocenters. The zero-order valence-corrected chi connectivity index (χ0v) is 23.1. The second kappa shape index (κ2) is 13.1. The molecule has 41 heavy (non-hydrogen) atoms. The molecular formula is C33H32O8. The van der Waals surface area contributed by atoms with Crippen molar-refractivity contribution in [3.63, 3.8) is 0 Å². The van der Waals surface area contributed by atoms with Gasteiger partial charge in [-0.3, -0.25) is 0 Å². The van der Waals surface area contributed by atoms with Crippen LogP contribution in [0.3, 0.4) is 0 Å². The van der Waals surface area contributed by atoms with Crippen molar-refractivity contribution in [1.82, 2.24) is 0 Å². The standard InChI is InChI=1S/C33H32O8/c1-20(2)31(35)40-24-8-10-25(11-9-24)41-33(37)23-7-13-27-28-14-12-26(18-30(28)22(4)29(27)17-23)38-15-5-6-16-39-32(36)21(3)19-34/h7-14,17-18,22,34H,1,3,5-6,15-16,19H2,2,4H3. The van der Waals surface area contributed by atoms with Gasteiger partial charge < -0.3 is 24.1 Å². The highest BCUT2D eigenvalue weighted by Gasteiger charge is 2.27. The molecule has 1 aliphatic carbocycles. The third-order valence-electron chi connectivity index (χ3n) is 6.65. The van der Waals surface area contributed by atoms with Crippen molar-refractivity contribution in [2.45, 2.75) is 32.6 Å². The van der Waals surface area contributed by atoms with Gasteiger partial charge in [0.1, 0.15) is 17.2 Å². The monoisotopic (exact) mass is 556 g/mol. The van der Waals surface area contributed by atoms with Gasteiger partial charge in [0.05, 0.1) is 31.0 Å². The Morgan fingerprint density at radius 2 is 1.37 bits per heavy atom. The van der Waals surface area contributed by atoms with Gasteiger partial charge in [-0.05, 0) is 90.6 Å². The molecule has 0 bridgehead atoms. The predicted octanol–water partition coefficient (Wildman–Crippen LogP) is 5.77. The lowest BCUT2D eigenvalue weighted by molar-refractivity contribution is -0.139. The summed E-state index contributed by atoms with van der Waals surface area (Å²) >= 11 is 0. The summed E-state index contributed by atoms with van der Waals surface area (Å²) in [5.41, 5.74) is 5.05. The average molecular weight is 557 g/mol. The Hall–Kier alpha value is -4.69. The molecule has 1 N–H and O–H groups in total. The summed E-state index contributed by atoms with van der Waals surface area (Å²) in [6.07, 6.45) is 1.32. The van der Waals surface area contributed by atoms with Gasteiger partial charge in [-0.25, -0.2) is 14.4 Å². The lowest BCUT2D eigenvalue weighted by Gasteiger charge is -2.11. The zero-order chi connectivity index (χ0) is 29.5. The number of aliphatic hydroxyl groups excluding tert-OH is 1. The van der Waals surface area contributed by atoms with Crippen LogP contribution >= 0.6 is 0 Å². The number of aliphatic hydroxyl groups is 1. The van der Waals surface area contributed by atoms with E-state index in [1.54, 1.807) is 37.3 Å².